The van der Waals surface area contributed by atoms with E-state index >= 15 is 0 Å². The van der Waals surface area contributed by atoms with Gasteiger partial charge in [0.2, 0.25) is 0 Å². The highest BCUT2D eigenvalue weighted by molar-refractivity contribution is 7.07. The van der Waals surface area contributed by atoms with Crippen LogP contribution in [-0.2, 0) is 6.42 Å². The first-order chi connectivity index (χ1) is 14.4. The second-order valence-corrected chi connectivity index (χ2v) is 7.86. The van der Waals surface area contributed by atoms with Crippen molar-refractivity contribution in [3.8, 4) is 16.7 Å². The van der Waals surface area contributed by atoms with Crippen LogP contribution in [0.1, 0.15) is 27.3 Å². The maximum Gasteiger partial charge on any atom is 0.298 e. The number of carbonyl (C=O) groups is 1. The Morgan fingerprint density at radius 1 is 1.20 bits per heavy atom. The van der Waals surface area contributed by atoms with E-state index in [2.05, 4.69) is 14.7 Å². The lowest BCUT2D eigenvalue weighted by Crippen LogP contribution is -2.31. The van der Waals surface area contributed by atoms with Gasteiger partial charge in [0.25, 0.3) is 11.1 Å². The van der Waals surface area contributed by atoms with E-state index in [1.165, 1.54) is 11.5 Å². The van der Waals surface area contributed by atoms with Crippen molar-refractivity contribution in [1.82, 2.24) is 19.6 Å². The minimum atomic E-state index is -0.127. The van der Waals surface area contributed by atoms with E-state index < -0.39 is 0 Å². The molecular weight excluding hydrogens is 400 g/mol. The molecule has 1 N–H and O–H groups in total. The van der Waals surface area contributed by atoms with Crippen LogP contribution in [0, 0.1) is 6.92 Å². The van der Waals surface area contributed by atoms with Gasteiger partial charge in [-0.3, -0.25) is 4.79 Å². The van der Waals surface area contributed by atoms with Crippen molar-refractivity contribution < 1.29 is 14.3 Å². The lowest BCUT2D eigenvalue weighted by atomic mass is 10.1. The first-order valence-corrected chi connectivity index (χ1v) is 10.4. The zero-order valence-corrected chi connectivity index (χ0v) is 18.5. The van der Waals surface area contributed by atoms with Gasteiger partial charge < -0.3 is 19.7 Å². The van der Waals surface area contributed by atoms with Gasteiger partial charge in [0.1, 0.15) is 11.5 Å². The van der Waals surface area contributed by atoms with E-state index in [0.29, 0.717) is 35.3 Å². The Kier molecular flexibility index (Phi) is 7.37. The van der Waals surface area contributed by atoms with E-state index in [9.17, 15) is 4.79 Å². The smallest absolute Gasteiger partial charge is 0.298 e. The number of amides is 1. The Morgan fingerprint density at radius 2 is 2.03 bits per heavy atom. The van der Waals surface area contributed by atoms with Crippen molar-refractivity contribution in [2.75, 3.05) is 34.3 Å². The van der Waals surface area contributed by atoms with Gasteiger partial charge in [-0.05, 0) is 56.4 Å². The molecule has 8 heteroatoms. The molecule has 2 aromatic carbocycles. The number of benzene rings is 2. The fourth-order valence-corrected chi connectivity index (χ4v) is 3.32. The summed E-state index contributed by atoms with van der Waals surface area (Å²) in [5.74, 6) is 1.95. The molecule has 1 heterocycles. The SMILES string of the molecule is COc1cccc(Cc2nsc(Oc3cc(C(=O)NCCN(C)C)ccc3C)n2)c1. The van der Waals surface area contributed by atoms with Crippen LogP contribution in [0.25, 0.3) is 0 Å². The van der Waals surface area contributed by atoms with Crippen LogP contribution >= 0.6 is 11.5 Å². The van der Waals surface area contributed by atoms with Crippen molar-refractivity contribution in [3.63, 3.8) is 0 Å². The lowest BCUT2D eigenvalue weighted by molar-refractivity contribution is 0.0950. The van der Waals surface area contributed by atoms with Crippen LogP contribution in [0.3, 0.4) is 0 Å². The van der Waals surface area contributed by atoms with Crippen LogP contribution < -0.4 is 14.8 Å². The number of nitrogens with zero attached hydrogens (tertiary/aromatic N) is 3. The van der Waals surface area contributed by atoms with Crippen LogP contribution in [0.15, 0.2) is 42.5 Å². The van der Waals surface area contributed by atoms with Gasteiger partial charge in [0.15, 0.2) is 5.82 Å². The molecule has 0 spiro atoms. The molecule has 1 amide bonds. The Bertz CT molecular complexity index is 1000. The summed E-state index contributed by atoms with van der Waals surface area (Å²) in [4.78, 5) is 18.9. The van der Waals surface area contributed by atoms with Crippen molar-refractivity contribution in [2.45, 2.75) is 13.3 Å². The number of nitrogens with one attached hydrogen (secondary N) is 1. The minimum absolute atomic E-state index is 0.127. The molecule has 0 atom stereocenters. The topological polar surface area (TPSA) is 76.6 Å². The maximum absolute atomic E-state index is 12.4. The zero-order valence-electron chi connectivity index (χ0n) is 17.6. The molecular formula is C22H26N4O3S. The summed E-state index contributed by atoms with van der Waals surface area (Å²) in [5.41, 5.74) is 2.53. The van der Waals surface area contributed by atoms with E-state index in [4.69, 9.17) is 9.47 Å². The Morgan fingerprint density at radius 3 is 2.80 bits per heavy atom. The molecule has 0 radical (unpaired) electrons. The molecule has 0 aliphatic carbocycles. The summed E-state index contributed by atoms with van der Waals surface area (Å²) in [7, 11) is 5.58. The standard InChI is InChI=1S/C22H26N4O3S/c1-15-8-9-17(21(27)23-10-11-26(2)3)14-19(15)29-22-24-20(25-30-22)13-16-6-5-7-18(12-16)28-4/h5-9,12,14H,10-11,13H2,1-4H3,(H,23,27). The first kappa shape index (κ1) is 21.7. The molecule has 7 nitrogen and oxygen atoms in total. The molecule has 158 valence electrons. The van der Waals surface area contributed by atoms with Gasteiger partial charge >= 0.3 is 0 Å². The number of aromatic nitrogens is 2. The Balaban J connectivity index is 1.66. The zero-order chi connectivity index (χ0) is 21.5. The summed E-state index contributed by atoms with van der Waals surface area (Å²) >= 11 is 1.19. The number of ether oxygens (including phenoxy) is 2. The minimum Gasteiger partial charge on any atom is -0.497 e. The molecule has 0 saturated carbocycles. The molecule has 0 fully saturated rings. The quantitative estimate of drug-likeness (QED) is 0.564. The number of methoxy groups -OCH3 is 1. The van der Waals surface area contributed by atoms with Crippen molar-refractivity contribution in [1.29, 1.82) is 0 Å². The molecule has 0 unspecified atom stereocenters. The van der Waals surface area contributed by atoms with Gasteiger partial charge in [0, 0.05) is 36.6 Å². The van der Waals surface area contributed by atoms with E-state index in [1.807, 2.05) is 56.3 Å². The number of likely N-dealkylation sites (N-methyl/N-ethyl adjacent to an activating group) is 1. The fraction of sp³-hybridized carbons (Fsp3) is 0.318. The van der Waals surface area contributed by atoms with E-state index in [0.717, 1.165) is 23.4 Å². The van der Waals surface area contributed by atoms with E-state index in [-0.39, 0.29) is 5.91 Å². The molecule has 3 aromatic rings. The average molecular weight is 427 g/mol. The van der Waals surface area contributed by atoms with Crippen LogP contribution in [0.2, 0.25) is 0 Å². The molecule has 0 aliphatic heterocycles. The van der Waals surface area contributed by atoms with Gasteiger partial charge in [-0.2, -0.15) is 9.36 Å². The van der Waals surface area contributed by atoms with Crippen molar-refractivity contribution >= 4 is 17.4 Å². The highest BCUT2D eigenvalue weighted by atomic mass is 32.1. The summed E-state index contributed by atoms with van der Waals surface area (Å²) in [6, 6.07) is 13.2. The number of aryl methyl sites for hydroxylation is 1. The van der Waals surface area contributed by atoms with Gasteiger partial charge in [-0.1, -0.05) is 18.2 Å². The number of carbonyl (C=O) groups excluding carboxylic acids is 1. The number of hydrogen-bond acceptors (Lipinski definition) is 7. The van der Waals surface area contributed by atoms with Gasteiger partial charge in [-0.15, -0.1) is 0 Å². The maximum atomic E-state index is 12.4. The highest BCUT2D eigenvalue weighted by Crippen LogP contribution is 2.28. The highest BCUT2D eigenvalue weighted by Gasteiger charge is 2.12. The third-order valence-electron chi connectivity index (χ3n) is 4.44. The second-order valence-electron chi connectivity index (χ2n) is 7.15. The first-order valence-electron chi connectivity index (χ1n) is 9.61. The molecule has 0 aliphatic rings. The van der Waals surface area contributed by atoms with Crippen LogP contribution in [0.5, 0.6) is 16.7 Å². The summed E-state index contributed by atoms with van der Waals surface area (Å²) in [6.07, 6.45) is 0.588. The molecule has 0 saturated heterocycles. The number of rotatable bonds is 9. The Labute approximate surface area is 180 Å². The summed E-state index contributed by atoms with van der Waals surface area (Å²) in [5, 5.41) is 3.36. The molecule has 0 bridgehead atoms. The monoisotopic (exact) mass is 426 g/mol. The fourth-order valence-electron chi connectivity index (χ4n) is 2.76. The largest absolute Gasteiger partial charge is 0.497 e. The van der Waals surface area contributed by atoms with Gasteiger partial charge in [-0.25, -0.2) is 0 Å². The summed E-state index contributed by atoms with van der Waals surface area (Å²) in [6.45, 7) is 3.29. The molecule has 3 rings (SSSR count). The van der Waals surface area contributed by atoms with E-state index in [1.54, 1.807) is 19.2 Å². The van der Waals surface area contributed by atoms with Crippen molar-refractivity contribution in [2.24, 2.45) is 0 Å². The summed E-state index contributed by atoms with van der Waals surface area (Å²) < 4.78 is 15.6. The second kappa shape index (κ2) is 10.2. The Hall–Kier alpha value is -2.97. The normalized spacial score (nSPS) is 10.8. The van der Waals surface area contributed by atoms with Crippen LogP contribution in [0.4, 0.5) is 0 Å². The van der Waals surface area contributed by atoms with Gasteiger partial charge in [0.05, 0.1) is 7.11 Å². The third-order valence-corrected chi connectivity index (χ3v) is 5.07. The average Bonchev–Trinajstić information content (AvgIpc) is 3.16. The third kappa shape index (κ3) is 6.01. The lowest BCUT2D eigenvalue weighted by Gasteiger charge is -2.11. The predicted molar refractivity (Wildman–Crippen MR) is 118 cm³/mol. The molecule has 30 heavy (non-hydrogen) atoms. The van der Waals surface area contributed by atoms with Crippen molar-refractivity contribution in [3.05, 3.63) is 65.0 Å². The predicted octanol–water partition coefficient (Wildman–Crippen LogP) is 3.53. The van der Waals surface area contributed by atoms with Crippen LogP contribution in [-0.4, -0.2) is 54.5 Å². The molecule has 1 aromatic heterocycles. The number of hydrogen-bond donors (Lipinski definition) is 1.